The number of benzene rings is 1. The van der Waals surface area contributed by atoms with Gasteiger partial charge >= 0.3 is 0 Å². The summed E-state index contributed by atoms with van der Waals surface area (Å²) in [7, 11) is -7.12. The lowest BCUT2D eigenvalue weighted by Gasteiger charge is -2.37. The minimum Gasteiger partial charge on any atom is -0.229 e. The highest BCUT2D eigenvalue weighted by atomic mass is 32.2. The second-order valence-electron chi connectivity index (χ2n) is 6.07. The summed E-state index contributed by atoms with van der Waals surface area (Å²) in [6, 6.07) is 4.59. The fourth-order valence-corrected chi connectivity index (χ4v) is 6.70. The van der Waals surface area contributed by atoms with Crippen LogP contribution in [0.4, 0.5) is 4.39 Å². The third-order valence-corrected chi connectivity index (χ3v) is 8.25. The Balaban J connectivity index is 1.96. The van der Waals surface area contributed by atoms with Crippen molar-refractivity contribution in [2.75, 3.05) is 6.26 Å². The molecule has 2 atom stereocenters. The van der Waals surface area contributed by atoms with Gasteiger partial charge < -0.3 is 0 Å². The molecule has 0 radical (unpaired) electrons. The smallest absolute Gasteiger partial charge is 0.229 e. The Morgan fingerprint density at radius 1 is 1.05 bits per heavy atom. The zero-order valence-corrected chi connectivity index (χ0v) is 13.8. The quantitative estimate of drug-likeness (QED) is 0.832. The van der Waals surface area contributed by atoms with Gasteiger partial charge in [0.1, 0.15) is 20.5 Å². The molecule has 2 heterocycles. The van der Waals surface area contributed by atoms with Crippen molar-refractivity contribution in [1.82, 2.24) is 4.31 Å². The van der Waals surface area contributed by atoms with Crippen LogP contribution in [0.3, 0.4) is 0 Å². The van der Waals surface area contributed by atoms with E-state index in [9.17, 15) is 21.2 Å². The summed E-state index contributed by atoms with van der Waals surface area (Å²) < 4.78 is 64.3. The number of fused-ring (bicyclic) bond motifs is 2. The summed E-state index contributed by atoms with van der Waals surface area (Å²) in [5.41, 5.74) is 0. The maximum absolute atomic E-state index is 13.9. The molecule has 0 aromatic heterocycles. The molecule has 8 heteroatoms. The molecule has 1 aromatic rings. The largest absolute Gasteiger partial charge is 0.246 e. The molecule has 2 aliphatic heterocycles. The molecule has 22 heavy (non-hydrogen) atoms. The summed E-state index contributed by atoms with van der Waals surface area (Å²) in [5, 5.41) is -0.503. The van der Waals surface area contributed by atoms with Crippen molar-refractivity contribution in [2.45, 2.75) is 47.9 Å². The fraction of sp³-hybridized carbons (Fsp3) is 0.571. The monoisotopic (exact) mass is 347 g/mol. The first kappa shape index (κ1) is 15.9. The second kappa shape index (κ2) is 5.28. The Hall–Kier alpha value is -0.990. The minimum absolute atomic E-state index is 0.295. The van der Waals surface area contributed by atoms with E-state index in [1.807, 2.05) is 0 Å². The van der Waals surface area contributed by atoms with Gasteiger partial charge in [-0.1, -0.05) is 12.1 Å². The Labute approximate surface area is 130 Å². The van der Waals surface area contributed by atoms with Gasteiger partial charge in [0.25, 0.3) is 0 Å². The average molecular weight is 347 g/mol. The van der Waals surface area contributed by atoms with E-state index in [0.717, 1.165) is 6.07 Å². The van der Waals surface area contributed by atoms with Crippen LogP contribution in [0.25, 0.3) is 0 Å². The van der Waals surface area contributed by atoms with Crippen LogP contribution in [0, 0.1) is 5.82 Å². The molecule has 5 nitrogen and oxygen atoms in total. The van der Waals surface area contributed by atoms with Crippen LogP contribution in [0.15, 0.2) is 29.2 Å². The van der Waals surface area contributed by atoms with E-state index < -0.39 is 30.9 Å². The van der Waals surface area contributed by atoms with E-state index in [4.69, 9.17) is 0 Å². The number of hydrogen-bond acceptors (Lipinski definition) is 4. The summed E-state index contributed by atoms with van der Waals surface area (Å²) >= 11 is 0. The SMILES string of the molecule is CS(=O)(=O)C1CC2CCC(C1)N2S(=O)(=O)c1ccccc1F. The minimum atomic E-state index is -3.93. The van der Waals surface area contributed by atoms with Gasteiger partial charge in [0.15, 0.2) is 0 Å². The van der Waals surface area contributed by atoms with Gasteiger partial charge in [-0.2, -0.15) is 4.31 Å². The van der Waals surface area contributed by atoms with Gasteiger partial charge in [-0.25, -0.2) is 21.2 Å². The van der Waals surface area contributed by atoms with Crippen LogP contribution in [0.2, 0.25) is 0 Å². The van der Waals surface area contributed by atoms with Crippen molar-refractivity contribution in [1.29, 1.82) is 0 Å². The molecule has 2 aliphatic rings. The lowest BCUT2D eigenvalue weighted by Crippen LogP contribution is -2.49. The molecule has 2 saturated heterocycles. The first-order valence-corrected chi connectivity index (χ1v) is 10.6. The van der Waals surface area contributed by atoms with Crippen LogP contribution in [-0.4, -0.2) is 44.7 Å². The van der Waals surface area contributed by atoms with Crippen molar-refractivity contribution in [2.24, 2.45) is 0 Å². The van der Waals surface area contributed by atoms with E-state index in [1.54, 1.807) is 0 Å². The predicted molar refractivity (Wildman–Crippen MR) is 80.1 cm³/mol. The highest BCUT2D eigenvalue weighted by Gasteiger charge is 2.49. The zero-order chi connectivity index (χ0) is 16.1. The predicted octanol–water partition coefficient (Wildman–Crippen LogP) is 1.55. The Bertz CT molecular complexity index is 777. The molecule has 0 spiro atoms. The van der Waals surface area contributed by atoms with Gasteiger partial charge in [0.2, 0.25) is 10.0 Å². The summed E-state index contributed by atoms with van der Waals surface area (Å²) in [5.74, 6) is -0.771. The normalized spacial score (nSPS) is 29.6. The number of piperidine rings is 1. The summed E-state index contributed by atoms with van der Waals surface area (Å²) in [6.07, 6.45) is 3.04. The highest BCUT2D eigenvalue weighted by Crippen LogP contribution is 2.41. The topological polar surface area (TPSA) is 71.5 Å². The third kappa shape index (κ3) is 2.57. The van der Waals surface area contributed by atoms with E-state index in [0.29, 0.717) is 25.7 Å². The van der Waals surface area contributed by atoms with Crippen LogP contribution >= 0.6 is 0 Å². The fourth-order valence-electron chi connectivity index (χ4n) is 3.59. The molecule has 2 bridgehead atoms. The maximum atomic E-state index is 13.9. The van der Waals surface area contributed by atoms with Crippen LogP contribution < -0.4 is 0 Å². The van der Waals surface area contributed by atoms with Crippen molar-refractivity contribution >= 4 is 19.9 Å². The number of nitrogens with zero attached hydrogens (tertiary/aromatic N) is 1. The van der Waals surface area contributed by atoms with Crippen molar-refractivity contribution in [3.63, 3.8) is 0 Å². The Kier molecular flexibility index (Phi) is 3.81. The van der Waals surface area contributed by atoms with Crippen molar-refractivity contribution in [3.05, 3.63) is 30.1 Å². The van der Waals surface area contributed by atoms with E-state index >= 15 is 0 Å². The average Bonchev–Trinajstić information content (AvgIpc) is 2.70. The van der Waals surface area contributed by atoms with Gasteiger partial charge in [-0.05, 0) is 37.8 Å². The summed E-state index contributed by atoms with van der Waals surface area (Å²) in [4.78, 5) is -0.329. The Morgan fingerprint density at radius 2 is 1.59 bits per heavy atom. The molecule has 3 rings (SSSR count). The van der Waals surface area contributed by atoms with Gasteiger partial charge in [0.05, 0.1) is 5.25 Å². The lowest BCUT2D eigenvalue weighted by atomic mass is 10.1. The maximum Gasteiger partial charge on any atom is 0.246 e. The number of sulfone groups is 1. The number of sulfonamides is 1. The number of hydrogen-bond donors (Lipinski definition) is 0. The molecule has 0 saturated carbocycles. The molecule has 1 aromatic carbocycles. The van der Waals surface area contributed by atoms with Gasteiger partial charge in [0, 0.05) is 18.3 Å². The molecular weight excluding hydrogens is 329 g/mol. The summed E-state index contributed by atoms with van der Waals surface area (Å²) in [6.45, 7) is 0. The van der Waals surface area contributed by atoms with Gasteiger partial charge in [-0.3, -0.25) is 0 Å². The molecule has 0 amide bonds. The molecular formula is C14H18FNO4S2. The second-order valence-corrected chi connectivity index (χ2v) is 10.2. The molecule has 0 aliphatic carbocycles. The Morgan fingerprint density at radius 3 is 2.09 bits per heavy atom. The van der Waals surface area contributed by atoms with E-state index in [1.165, 1.54) is 28.8 Å². The van der Waals surface area contributed by atoms with E-state index in [2.05, 4.69) is 0 Å². The van der Waals surface area contributed by atoms with Crippen LogP contribution in [0.5, 0.6) is 0 Å². The van der Waals surface area contributed by atoms with Crippen molar-refractivity contribution in [3.8, 4) is 0 Å². The lowest BCUT2D eigenvalue weighted by molar-refractivity contribution is 0.248. The number of rotatable bonds is 3. The standard InChI is InChI=1S/C14H18FNO4S2/c1-21(17,18)12-8-10-6-7-11(9-12)16(10)22(19,20)14-5-3-2-4-13(14)15/h2-5,10-12H,6-9H2,1H3. The zero-order valence-electron chi connectivity index (χ0n) is 12.1. The molecule has 2 unspecified atom stereocenters. The first-order valence-electron chi connectivity index (χ1n) is 7.18. The van der Waals surface area contributed by atoms with Crippen LogP contribution in [0.1, 0.15) is 25.7 Å². The molecule has 122 valence electrons. The number of halogens is 1. The third-order valence-electron chi connectivity index (χ3n) is 4.62. The molecule has 2 fully saturated rings. The molecule has 0 N–H and O–H groups in total. The first-order chi connectivity index (χ1) is 10.2. The van der Waals surface area contributed by atoms with Crippen molar-refractivity contribution < 1.29 is 21.2 Å². The van der Waals surface area contributed by atoms with E-state index in [-0.39, 0.29) is 17.0 Å². The van der Waals surface area contributed by atoms with Gasteiger partial charge in [-0.15, -0.1) is 0 Å². The van der Waals surface area contributed by atoms with Crippen LogP contribution in [-0.2, 0) is 19.9 Å². The highest BCUT2D eigenvalue weighted by molar-refractivity contribution is 7.91.